The summed E-state index contributed by atoms with van der Waals surface area (Å²) < 4.78 is 0. The molecule has 0 fully saturated rings. The third-order valence-electron chi connectivity index (χ3n) is 2.56. The van der Waals surface area contributed by atoms with Gasteiger partial charge in [0.2, 0.25) is 0 Å². The number of aliphatic hydroxyl groups is 1. The van der Waals surface area contributed by atoms with Crippen LogP contribution in [0.15, 0.2) is 42.0 Å². The van der Waals surface area contributed by atoms with Gasteiger partial charge in [0.25, 0.3) is 0 Å². The van der Waals surface area contributed by atoms with Gasteiger partial charge in [0.15, 0.2) is 0 Å². The fourth-order valence-corrected chi connectivity index (χ4v) is 1.47. The molecule has 0 heterocycles. The Hall–Kier alpha value is -2.56. The molecule has 4 heteroatoms. The van der Waals surface area contributed by atoms with Gasteiger partial charge in [-0.2, -0.15) is 10.5 Å². The Morgan fingerprint density at radius 1 is 1.26 bits per heavy atom. The lowest BCUT2D eigenvalue weighted by Crippen LogP contribution is -2.20. The predicted molar refractivity (Wildman–Crippen MR) is 75.1 cm³/mol. The van der Waals surface area contributed by atoms with Crippen LogP contribution in [0.4, 0.5) is 5.69 Å². The average Bonchev–Trinajstić information content (AvgIpc) is 2.44. The first kappa shape index (κ1) is 14.5. The number of hydrogen-bond donors (Lipinski definition) is 1. The Morgan fingerprint density at radius 3 is 2.42 bits per heavy atom. The minimum absolute atomic E-state index is 0.0792. The quantitative estimate of drug-likeness (QED) is 0.644. The van der Waals surface area contributed by atoms with E-state index in [0.717, 1.165) is 11.3 Å². The van der Waals surface area contributed by atoms with Crippen LogP contribution in [0.2, 0.25) is 0 Å². The minimum Gasteiger partial charge on any atom is -0.395 e. The van der Waals surface area contributed by atoms with Crippen molar-refractivity contribution in [2.45, 2.75) is 0 Å². The van der Waals surface area contributed by atoms with Gasteiger partial charge in [-0.1, -0.05) is 24.3 Å². The van der Waals surface area contributed by atoms with E-state index in [-0.39, 0.29) is 12.2 Å². The van der Waals surface area contributed by atoms with Gasteiger partial charge in [-0.15, -0.1) is 0 Å². The standard InChI is InChI=1S/C15H15N3O/c1-18(9-10-19)15-7-5-13(6-8-15)3-2-4-14(11-16)12-17/h2-8,19H,9-10H2,1H3/b3-2+. The maximum absolute atomic E-state index is 8.86. The molecule has 0 saturated carbocycles. The highest BCUT2D eigenvalue weighted by Gasteiger charge is 1.98. The number of anilines is 1. The van der Waals surface area contributed by atoms with Crippen LogP contribution in [0.25, 0.3) is 6.08 Å². The van der Waals surface area contributed by atoms with Crippen LogP contribution >= 0.6 is 0 Å². The number of nitriles is 2. The van der Waals surface area contributed by atoms with E-state index in [9.17, 15) is 0 Å². The Kier molecular flexibility index (Phi) is 5.88. The maximum atomic E-state index is 8.86. The highest BCUT2D eigenvalue weighted by atomic mass is 16.3. The van der Waals surface area contributed by atoms with Gasteiger partial charge in [0, 0.05) is 19.3 Å². The lowest BCUT2D eigenvalue weighted by Gasteiger charge is -2.17. The summed E-state index contributed by atoms with van der Waals surface area (Å²) in [4.78, 5) is 1.96. The molecule has 0 spiro atoms. The van der Waals surface area contributed by atoms with E-state index in [1.807, 2.05) is 42.3 Å². The molecule has 1 N–H and O–H groups in total. The Bertz CT molecular complexity index is 528. The number of rotatable bonds is 5. The summed E-state index contributed by atoms with van der Waals surface area (Å²) in [5.41, 5.74) is 2.08. The first-order valence-corrected chi connectivity index (χ1v) is 5.82. The van der Waals surface area contributed by atoms with Crippen molar-refractivity contribution >= 4 is 11.8 Å². The summed E-state index contributed by atoms with van der Waals surface area (Å²) >= 11 is 0. The number of likely N-dealkylation sites (N-methyl/N-ethyl adjacent to an activating group) is 1. The first-order valence-electron chi connectivity index (χ1n) is 5.82. The second-order valence-electron chi connectivity index (χ2n) is 3.90. The fourth-order valence-electron chi connectivity index (χ4n) is 1.47. The van der Waals surface area contributed by atoms with Gasteiger partial charge in [0.05, 0.1) is 6.61 Å². The van der Waals surface area contributed by atoms with E-state index in [2.05, 4.69) is 0 Å². The van der Waals surface area contributed by atoms with Gasteiger partial charge in [-0.25, -0.2) is 0 Å². The number of allylic oxidation sites excluding steroid dienone is 3. The number of aliphatic hydroxyl groups excluding tert-OH is 1. The van der Waals surface area contributed by atoms with E-state index in [1.54, 1.807) is 18.2 Å². The van der Waals surface area contributed by atoms with Gasteiger partial charge < -0.3 is 10.0 Å². The highest BCUT2D eigenvalue weighted by molar-refractivity contribution is 5.57. The van der Waals surface area contributed by atoms with E-state index < -0.39 is 0 Å². The van der Waals surface area contributed by atoms with Gasteiger partial charge in [-0.3, -0.25) is 0 Å². The summed E-state index contributed by atoms with van der Waals surface area (Å²) in [5, 5.41) is 26.0. The van der Waals surface area contributed by atoms with Crippen molar-refractivity contribution in [3.8, 4) is 12.1 Å². The van der Waals surface area contributed by atoms with Gasteiger partial charge >= 0.3 is 0 Å². The molecular weight excluding hydrogens is 238 g/mol. The summed E-state index contributed by atoms with van der Waals surface area (Å²) in [6.45, 7) is 0.708. The molecule has 1 aromatic carbocycles. The molecule has 19 heavy (non-hydrogen) atoms. The maximum Gasteiger partial charge on any atom is 0.129 e. The van der Waals surface area contributed by atoms with Crippen LogP contribution in [-0.2, 0) is 0 Å². The summed E-state index contributed by atoms with van der Waals surface area (Å²) in [6, 6.07) is 11.4. The van der Waals surface area contributed by atoms with Crippen LogP contribution < -0.4 is 4.90 Å². The Morgan fingerprint density at radius 2 is 1.89 bits per heavy atom. The summed E-state index contributed by atoms with van der Waals surface area (Å²) in [7, 11) is 1.91. The number of hydrogen-bond acceptors (Lipinski definition) is 4. The fraction of sp³-hybridized carbons (Fsp3) is 0.200. The molecule has 0 aliphatic carbocycles. The molecule has 96 valence electrons. The third kappa shape index (κ3) is 4.67. The van der Waals surface area contributed by atoms with Crippen LogP contribution in [-0.4, -0.2) is 25.3 Å². The molecule has 4 nitrogen and oxygen atoms in total. The summed E-state index contributed by atoms with van der Waals surface area (Å²) in [5.74, 6) is 0. The predicted octanol–water partition coefficient (Wildman–Crippen LogP) is 2.10. The molecule has 0 unspecified atom stereocenters. The van der Waals surface area contributed by atoms with E-state index in [1.165, 1.54) is 6.08 Å². The normalized spacial score (nSPS) is 9.68. The van der Waals surface area contributed by atoms with Crippen molar-refractivity contribution in [3.05, 3.63) is 47.6 Å². The molecule has 0 bridgehead atoms. The zero-order valence-electron chi connectivity index (χ0n) is 10.7. The molecule has 0 radical (unpaired) electrons. The molecule has 0 amide bonds. The SMILES string of the molecule is CN(CCO)c1ccc(/C=C/C=C(C#N)C#N)cc1. The smallest absolute Gasteiger partial charge is 0.129 e. The zero-order chi connectivity index (χ0) is 14.1. The molecule has 0 aromatic heterocycles. The minimum atomic E-state index is 0.0792. The third-order valence-corrected chi connectivity index (χ3v) is 2.56. The molecule has 0 atom stereocenters. The van der Waals surface area contributed by atoms with E-state index in [4.69, 9.17) is 15.6 Å². The van der Waals surface area contributed by atoms with Crippen LogP contribution in [0.5, 0.6) is 0 Å². The molecule has 0 aliphatic rings. The highest BCUT2D eigenvalue weighted by Crippen LogP contribution is 2.14. The largest absolute Gasteiger partial charge is 0.395 e. The van der Waals surface area contributed by atoms with Crippen molar-refractivity contribution in [3.63, 3.8) is 0 Å². The molecule has 1 rings (SSSR count). The van der Waals surface area contributed by atoms with E-state index in [0.29, 0.717) is 6.54 Å². The van der Waals surface area contributed by atoms with Gasteiger partial charge in [-0.05, 0) is 23.8 Å². The Labute approximate surface area is 113 Å². The van der Waals surface area contributed by atoms with Crippen molar-refractivity contribution in [1.82, 2.24) is 0 Å². The average molecular weight is 253 g/mol. The Balaban J connectivity index is 2.73. The second-order valence-corrected chi connectivity index (χ2v) is 3.90. The number of nitrogens with zero attached hydrogens (tertiary/aromatic N) is 3. The van der Waals surface area contributed by atoms with Crippen molar-refractivity contribution in [2.75, 3.05) is 25.1 Å². The molecule has 0 saturated heterocycles. The van der Waals surface area contributed by atoms with E-state index >= 15 is 0 Å². The van der Waals surface area contributed by atoms with Crippen LogP contribution in [0, 0.1) is 22.7 Å². The molecule has 0 aliphatic heterocycles. The first-order chi connectivity index (χ1) is 9.21. The van der Waals surface area contributed by atoms with Crippen LogP contribution in [0.3, 0.4) is 0 Å². The van der Waals surface area contributed by atoms with Crippen molar-refractivity contribution in [2.24, 2.45) is 0 Å². The molecule has 1 aromatic rings. The molecular formula is C15H15N3O. The van der Waals surface area contributed by atoms with Crippen LogP contribution in [0.1, 0.15) is 5.56 Å². The second kappa shape index (κ2) is 7.71. The lowest BCUT2D eigenvalue weighted by atomic mass is 10.1. The van der Waals surface area contributed by atoms with Gasteiger partial charge in [0.1, 0.15) is 17.7 Å². The number of benzene rings is 1. The van der Waals surface area contributed by atoms with Crippen molar-refractivity contribution < 1.29 is 5.11 Å². The summed E-state index contributed by atoms with van der Waals surface area (Å²) in [6.07, 6.45) is 4.98. The zero-order valence-corrected chi connectivity index (χ0v) is 10.7. The monoisotopic (exact) mass is 253 g/mol. The topological polar surface area (TPSA) is 71.0 Å². The lowest BCUT2D eigenvalue weighted by molar-refractivity contribution is 0.304. The van der Waals surface area contributed by atoms with Crippen molar-refractivity contribution in [1.29, 1.82) is 10.5 Å².